The van der Waals surface area contributed by atoms with Crippen LogP contribution in [0.2, 0.25) is 0 Å². The van der Waals surface area contributed by atoms with E-state index in [-0.39, 0.29) is 6.04 Å². The third-order valence-corrected chi connectivity index (χ3v) is 4.20. The van der Waals surface area contributed by atoms with E-state index in [1.54, 1.807) is 0 Å². The lowest BCUT2D eigenvalue weighted by molar-refractivity contribution is -0.148. The molecule has 3 rings (SSSR count). The predicted octanol–water partition coefficient (Wildman–Crippen LogP) is 2.18. The van der Waals surface area contributed by atoms with Gasteiger partial charge < -0.3 is 20.1 Å². The van der Waals surface area contributed by atoms with Crippen LogP contribution >= 0.6 is 0 Å². The van der Waals surface area contributed by atoms with Crippen LogP contribution in [0.5, 0.6) is 0 Å². The van der Waals surface area contributed by atoms with Crippen molar-refractivity contribution in [1.29, 1.82) is 0 Å². The summed E-state index contributed by atoms with van der Waals surface area (Å²) in [6, 6.07) is 13.8. The Hall–Kier alpha value is -2.44. The maximum atomic E-state index is 11.1. The largest absolute Gasteiger partial charge is 0.479 e. The fourth-order valence-electron chi connectivity index (χ4n) is 2.79. The number of hydrogen-bond acceptors (Lipinski definition) is 5. The number of carboxylic acids is 1. The van der Waals surface area contributed by atoms with Gasteiger partial charge in [0.2, 0.25) is 0 Å². The van der Waals surface area contributed by atoms with Crippen LogP contribution in [-0.4, -0.2) is 41.9 Å². The molecule has 6 nitrogen and oxygen atoms in total. The van der Waals surface area contributed by atoms with Crippen LogP contribution in [0.4, 0.5) is 11.5 Å². The third-order valence-electron chi connectivity index (χ3n) is 4.20. The van der Waals surface area contributed by atoms with Crippen LogP contribution in [-0.2, 0) is 16.1 Å². The number of rotatable bonds is 6. The molecule has 0 spiro atoms. The Morgan fingerprint density at radius 2 is 2.12 bits per heavy atom. The van der Waals surface area contributed by atoms with Crippen molar-refractivity contribution in [2.45, 2.75) is 25.1 Å². The summed E-state index contributed by atoms with van der Waals surface area (Å²) in [5.41, 5.74) is 2.08. The first kappa shape index (κ1) is 16.4. The van der Waals surface area contributed by atoms with Crippen molar-refractivity contribution >= 4 is 17.5 Å². The molecule has 1 aromatic carbocycles. The predicted molar refractivity (Wildman–Crippen MR) is 91.4 cm³/mol. The summed E-state index contributed by atoms with van der Waals surface area (Å²) in [4.78, 5) is 17.6. The summed E-state index contributed by atoms with van der Waals surface area (Å²) in [7, 11) is 1.98. The number of nitrogens with one attached hydrogen (secondary N) is 1. The molecule has 2 heterocycles. The second-order valence-electron chi connectivity index (χ2n) is 5.82. The van der Waals surface area contributed by atoms with E-state index >= 15 is 0 Å². The van der Waals surface area contributed by atoms with Crippen LogP contribution in [0.25, 0.3) is 0 Å². The zero-order chi connectivity index (χ0) is 16.9. The van der Waals surface area contributed by atoms with Crippen LogP contribution < -0.4 is 10.2 Å². The smallest absolute Gasteiger partial charge is 0.334 e. The lowest BCUT2D eigenvalue weighted by atomic mass is 10.1. The summed E-state index contributed by atoms with van der Waals surface area (Å²) in [6.45, 7) is 1.05. The number of para-hydroxylation sites is 1. The molecule has 6 heteroatoms. The first-order valence-corrected chi connectivity index (χ1v) is 7.96. The van der Waals surface area contributed by atoms with Gasteiger partial charge in [0, 0.05) is 38.1 Å². The highest BCUT2D eigenvalue weighted by Gasteiger charge is 2.33. The highest BCUT2D eigenvalue weighted by atomic mass is 16.5. The summed E-state index contributed by atoms with van der Waals surface area (Å²) >= 11 is 0. The van der Waals surface area contributed by atoms with E-state index in [4.69, 9.17) is 9.84 Å². The average molecular weight is 327 g/mol. The van der Waals surface area contributed by atoms with Gasteiger partial charge in [-0.25, -0.2) is 9.78 Å². The van der Waals surface area contributed by atoms with Crippen LogP contribution in [0.1, 0.15) is 12.0 Å². The lowest BCUT2D eigenvalue weighted by Crippen LogP contribution is -2.40. The summed E-state index contributed by atoms with van der Waals surface area (Å²) in [6.07, 6.45) is 1.76. The number of aliphatic carboxylic acids is 1. The van der Waals surface area contributed by atoms with Gasteiger partial charge in [-0.15, -0.1) is 0 Å². The summed E-state index contributed by atoms with van der Waals surface area (Å²) in [5, 5.41) is 12.4. The molecule has 1 fully saturated rings. The van der Waals surface area contributed by atoms with E-state index in [1.807, 2.05) is 60.6 Å². The zero-order valence-electron chi connectivity index (χ0n) is 13.6. The maximum Gasteiger partial charge on any atom is 0.334 e. The summed E-state index contributed by atoms with van der Waals surface area (Å²) in [5.74, 6) is -0.0551. The van der Waals surface area contributed by atoms with Gasteiger partial charge in [0.05, 0.1) is 0 Å². The van der Waals surface area contributed by atoms with E-state index in [1.165, 1.54) is 0 Å². The maximum absolute atomic E-state index is 11.1. The molecule has 0 radical (unpaired) electrons. The number of anilines is 2. The van der Waals surface area contributed by atoms with Crippen LogP contribution in [0, 0.1) is 0 Å². The van der Waals surface area contributed by atoms with Gasteiger partial charge in [-0.2, -0.15) is 0 Å². The Kier molecular flexibility index (Phi) is 5.08. The van der Waals surface area contributed by atoms with Gasteiger partial charge >= 0.3 is 5.97 Å². The molecule has 2 N–H and O–H groups in total. The fraction of sp³-hybridized carbons (Fsp3) is 0.333. The van der Waals surface area contributed by atoms with Crippen molar-refractivity contribution in [3.8, 4) is 0 Å². The molecular weight excluding hydrogens is 306 g/mol. The van der Waals surface area contributed by atoms with E-state index in [0.29, 0.717) is 19.6 Å². The molecule has 0 saturated carbocycles. The Morgan fingerprint density at radius 1 is 1.33 bits per heavy atom. The Balaban J connectivity index is 1.60. The Morgan fingerprint density at radius 3 is 2.79 bits per heavy atom. The van der Waals surface area contributed by atoms with Gasteiger partial charge in [0.25, 0.3) is 0 Å². The van der Waals surface area contributed by atoms with Gasteiger partial charge in [0.1, 0.15) is 5.82 Å². The van der Waals surface area contributed by atoms with Gasteiger partial charge in [-0.3, -0.25) is 0 Å². The molecule has 0 aliphatic carbocycles. The molecule has 126 valence electrons. The number of benzene rings is 1. The second-order valence-corrected chi connectivity index (χ2v) is 5.82. The number of pyridine rings is 1. The molecule has 1 saturated heterocycles. The number of ether oxygens (including phenoxy) is 1. The minimum atomic E-state index is -0.914. The normalized spacial score (nSPS) is 20.0. The van der Waals surface area contributed by atoms with E-state index < -0.39 is 12.1 Å². The number of aromatic nitrogens is 1. The molecule has 0 amide bonds. The lowest BCUT2D eigenvalue weighted by Gasteiger charge is -2.19. The molecule has 2 atom stereocenters. The molecule has 0 unspecified atom stereocenters. The molecule has 1 aliphatic rings. The Bertz CT molecular complexity index is 676. The zero-order valence-corrected chi connectivity index (χ0v) is 13.6. The average Bonchev–Trinajstić information content (AvgIpc) is 3.09. The molecule has 1 aromatic heterocycles. The van der Waals surface area contributed by atoms with Gasteiger partial charge in [-0.1, -0.05) is 24.3 Å². The van der Waals surface area contributed by atoms with Crippen molar-refractivity contribution in [3.63, 3.8) is 0 Å². The monoisotopic (exact) mass is 327 g/mol. The molecular formula is C18H21N3O3. The highest BCUT2D eigenvalue weighted by molar-refractivity contribution is 5.73. The second kappa shape index (κ2) is 7.42. The molecule has 24 heavy (non-hydrogen) atoms. The van der Waals surface area contributed by atoms with Gasteiger partial charge in [-0.05, 0) is 30.2 Å². The topological polar surface area (TPSA) is 74.7 Å². The highest BCUT2D eigenvalue weighted by Crippen LogP contribution is 2.21. The minimum absolute atomic E-state index is 0.158. The van der Waals surface area contributed by atoms with Gasteiger partial charge in [0.15, 0.2) is 6.10 Å². The van der Waals surface area contributed by atoms with Crippen molar-refractivity contribution in [1.82, 2.24) is 10.3 Å². The van der Waals surface area contributed by atoms with Crippen LogP contribution in [0.15, 0.2) is 48.7 Å². The summed E-state index contributed by atoms with van der Waals surface area (Å²) < 4.78 is 5.23. The van der Waals surface area contributed by atoms with Crippen molar-refractivity contribution in [2.75, 3.05) is 18.6 Å². The Labute approximate surface area is 141 Å². The van der Waals surface area contributed by atoms with Crippen molar-refractivity contribution < 1.29 is 14.6 Å². The molecule has 1 aliphatic heterocycles. The third kappa shape index (κ3) is 3.72. The first-order valence-electron chi connectivity index (χ1n) is 7.96. The molecule has 2 aromatic rings. The van der Waals surface area contributed by atoms with Crippen molar-refractivity contribution in [2.24, 2.45) is 0 Å². The number of carboxylic acid groups (broad SMARTS) is 1. The fourth-order valence-corrected chi connectivity index (χ4v) is 2.79. The standard InChI is InChI=1S/C18H21N3O3/c1-21(14-5-3-2-4-6-14)16-8-7-13(12-20-16)11-19-15-9-10-24-17(15)18(22)23/h2-8,12,15,17,19H,9-11H2,1H3,(H,22,23)/t15-,17+/m1/s1. The first-order chi connectivity index (χ1) is 11.6. The van der Waals surface area contributed by atoms with E-state index in [0.717, 1.165) is 17.1 Å². The van der Waals surface area contributed by atoms with E-state index in [2.05, 4.69) is 10.3 Å². The SMILES string of the molecule is CN(c1ccccc1)c1ccc(CN[C@@H]2CCO[C@@H]2C(=O)O)cn1. The minimum Gasteiger partial charge on any atom is -0.479 e. The number of nitrogens with zero attached hydrogens (tertiary/aromatic N) is 2. The van der Waals surface area contributed by atoms with Crippen LogP contribution in [0.3, 0.4) is 0 Å². The van der Waals surface area contributed by atoms with Crippen molar-refractivity contribution in [3.05, 3.63) is 54.2 Å². The quantitative estimate of drug-likeness (QED) is 0.847. The number of hydrogen-bond donors (Lipinski definition) is 2. The number of carbonyl (C=O) groups is 1. The molecule has 0 bridgehead atoms. The van der Waals surface area contributed by atoms with E-state index in [9.17, 15) is 4.79 Å².